The van der Waals surface area contributed by atoms with Crippen LogP contribution in [0.5, 0.6) is 0 Å². The minimum absolute atomic E-state index is 0. The minimum Gasteiger partial charge on any atom is -0.295 e. The summed E-state index contributed by atoms with van der Waals surface area (Å²) >= 11 is 1.44. The van der Waals surface area contributed by atoms with Gasteiger partial charge in [0, 0.05) is 17.7 Å². The largest absolute Gasteiger partial charge is 0.295 e. The van der Waals surface area contributed by atoms with Gasteiger partial charge in [-0.1, -0.05) is 6.07 Å². The zero-order valence-corrected chi connectivity index (χ0v) is 12.4. The lowest BCUT2D eigenvalue weighted by atomic mass is 10.2. The number of halogens is 1. The van der Waals surface area contributed by atoms with E-state index in [2.05, 4.69) is 0 Å². The highest BCUT2D eigenvalue weighted by Crippen LogP contribution is 2.09. The molecule has 0 atom stereocenters. The molecule has 94 valence electrons. The van der Waals surface area contributed by atoms with Gasteiger partial charge in [-0.15, -0.1) is 28.3 Å². The Morgan fingerprint density at radius 1 is 1.22 bits per heavy atom. The van der Waals surface area contributed by atoms with Crippen LogP contribution in [0.15, 0.2) is 42.0 Å². The van der Waals surface area contributed by atoms with Crippen LogP contribution in [0.1, 0.15) is 27.0 Å². The summed E-state index contributed by atoms with van der Waals surface area (Å²) < 4.78 is 1.77. The SMILES string of the molecule is Br.CC(=O)c1cc[n+](CC(=O)c2cccs2)cc1. The molecule has 5 heteroatoms. The molecule has 0 amide bonds. The molecular formula is C13H13BrNO2S+. The standard InChI is InChI=1S/C13H12NO2S.BrH/c1-10(15)11-4-6-14(7-5-11)9-12(16)13-3-2-8-17-13;/h2-8H,9H2,1H3;1H/q+1;. The first-order chi connectivity index (χ1) is 8.16. The normalized spacial score (nSPS) is 9.61. The first kappa shape index (κ1) is 14.7. The van der Waals surface area contributed by atoms with Gasteiger partial charge in [-0.3, -0.25) is 9.59 Å². The van der Waals surface area contributed by atoms with E-state index in [0.717, 1.165) is 4.88 Å². The van der Waals surface area contributed by atoms with Crippen LogP contribution in [0.3, 0.4) is 0 Å². The molecular weight excluding hydrogens is 314 g/mol. The summed E-state index contributed by atoms with van der Waals surface area (Å²) in [6.07, 6.45) is 3.50. The number of aromatic nitrogens is 1. The molecule has 0 saturated heterocycles. The Morgan fingerprint density at radius 3 is 2.39 bits per heavy atom. The maximum Gasteiger partial charge on any atom is 0.237 e. The Balaban J connectivity index is 0.00000162. The van der Waals surface area contributed by atoms with E-state index in [1.54, 1.807) is 29.1 Å². The lowest BCUT2D eigenvalue weighted by Gasteiger charge is -1.96. The highest BCUT2D eigenvalue weighted by molar-refractivity contribution is 8.93. The van der Waals surface area contributed by atoms with Crippen LogP contribution in [0.25, 0.3) is 0 Å². The van der Waals surface area contributed by atoms with Crippen molar-refractivity contribution in [1.29, 1.82) is 0 Å². The second-order valence-electron chi connectivity index (χ2n) is 3.72. The van der Waals surface area contributed by atoms with E-state index in [4.69, 9.17) is 0 Å². The van der Waals surface area contributed by atoms with Gasteiger partial charge in [-0.25, -0.2) is 0 Å². The lowest BCUT2D eigenvalue weighted by Crippen LogP contribution is -2.37. The monoisotopic (exact) mass is 326 g/mol. The molecule has 2 aromatic rings. The van der Waals surface area contributed by atoms with Crippen LogP contribution in [0.4, 0.5) is 0 Å². The van der Waals surface area contributed by atoms with E-state index in [1.807, 2.05) is 17.5 Å². The van der Waals surface area contributed by atoms with Crippen molar-refractivity contribution in [3.05, 3.63) is 52.5 Å². The maximum atomic E-state index is 11.8. The summed E-state index contributed by atoms with van der Waals surface area (Å²) in [4.78, 5) is 23.7. The third-order valence-electron chi connectivity index (χ3n) is 2.42. The number of nitrogens with zero attached hydrogens (tertiary/aromatic N) is 1. The summed E-state index contributed by atoms with van der Waals surface area (Å²) in [7, 11) is 0. The summed E-state index contributed by atoms with van der Waals surface area (Å²) in [6.45, 7) is 1.83. The molecule has 2 rings (SSSR count). The minimum atomic E-state index is 0. The third kappa shape index (κ3) is 3.58. The van der Waals surface area contributed by atoms with Crippen LogP contribution in [0.2, 0.25) is 0 Å². The molecule has 0 bridgehead atoms. The number of Topliss-reactive ketones (excluding diaryl/α,β-unsaturated/α-hetero) is 2. The highest BCUT2D eigenvalue weighted by Gasteiger charge is 2.13. The molecule has 0 aromatic carbocycles. The van der Waals surface area contributed by atoms with E-state index < -0.39 is 0 Å². The van der Waals surface area contributed by atoms with Crippen molar-refractivity contribution < 1.29 is 14.2 Å². The Bertz CT molecular complexity index is 535. The Morgan fingerprint density at radius 2 is 1.89 bits per heavy atom. The number of ketones is 2. The molecule has 0 spiro atoms. The van der Waals surface area contributed by atoms with Gasteiger partial charge >= 0.3 is 0 Å². The first-order valence-corrected chi connectivity index (χ1v) is 6.11. The smallest absolute Gasteiger partial charge is 0.237 e. The molecule has 0 aliphatic carbocycles. The molecule has 0 aliphatic heterocycles. The van der Waals surface area contributed by atoms with E-state index in [0.29, 0.717) is 12.1 Å². The molecule has 0 saturated carbocycles. The van der Waals surface area contributed by atoms with Gasteiger partial charge in [-0.2, -0.15) is 4.57 Å². The van der Waals surface area contributed by atoms with Crippen LogP contribution in [0, 0.1) is 0 Å². The van der Waals surface area contributed by atoms with Crippen molar-refractivity contribution in [1.82, 2.24) is 0 Å². The van der Waals surface area contributed by atoms with Gasteiger partial charge in [0.25, 0.3) is 0 Å². The molecule has 2 aromatic heterocycles. The van der Waals surface area contributed by atoms with Crippen molar-refractivity contribution in [2.45, 2.75) is 13.5 Å². The van der Waals surface area contributed by atoms with Crippen LogP contribution < -0.4 is 4.57 Å². The number of hydrogen-bond donors (Lipinski definition) is 0. The van der Waals surface area contributed by atoms with Crippen molar-refractivity contribution in [2.24, 2.45) is 0 Å². The molecule has 0 radical (unpaired) electrons. The first-order valence-electron chi connectivity index (χ1n) is 5.23. The van der Waals surface area contributed by atoms with Gasteiger partial charge in [0.2, 0.25) is 12.3 Å². The molecule has 0 fully saturated rings. The number of carbonyl (C=O) groups is 2. The van der Waals surface area contributed by atoms with Gasteiger partial charge in [0.1, 0.15) is 0 Å². The molecule has 0 unspecified atom stereocenters. The molecule has 0 N–H and O–H groups in total. The molecule has 2 heterocycles. The third-order valence-corrected chi connectivity index (χ3v) is 3.33. The van der Waals surface area contributed by atoms with Gasteiger partial charge in [0.15, 0.2) is 18.2 Å². The number of pyridine rings is 1. The number of carbonyl (C=O) groups excluding carboxylic acids is 2. The van der Waals surface area contributed by atoms with Crippen molar-refractivity contribution in [2.75, 3.05) is 0 Å². The summed E-state index contributed by atoms with van der Waals surface area (Å²) in [5.74, 6) is 0.113. The number of rotatable bonds is 4. The average molecular weight is 327 g/mol. The highest BCUT2D eigenvalue weighted by atomic mass is 79.9. The van der Waals surface area contributed by atoms with E-state index in [1.165, 1.54) is 18.3 Å². The summed E-state index contributed by atoms with van der Waals surface area (Å²) in [5.41, 5.74) is 0.657. The maximum absolute atomic E-state index is 11.8. The predicted molar refractivity (Wildman–Crippen MR) is 75.6 cm³/mol. The lowest BCUT2D eigenvalue weighted by molar-refractivity contribution is -0.683. The van der Waals surface area contributed by atoms with Crippen LogP contribution >= 0.6 is 28.3 Å². The molecule has 0 aliphatic rings. The van der Waals surface area contributed by atoms with Crippen molar-refractivity contribution >= 4 is 39.9 Å². The molecule has 18 heavy (non-hydrogen) atoms. The molecule has 3 nitrogen and oxygen atoms in total. The van der Waals surface area contributed by atoms with E-state index in [-0.39, 0.29) is 28.5 Å². The van der Waals surface area contributed by atoms with Crippen molar-refractivity contribution in [3.63, 3.8) is 0 Å². The van der Waals surface area contributed by atoms with E-state index in [9.17, 15) is 9.59 Å². The Kier molecular flexibility index (Phi) is 5.37. The predicted octanol–water partition coefficient (Wildman–Crippen LogP) is 2.70. The van der Waals surface area contributed by atoms with Gasteiger partial charge < -0.3 is 0 Å². The summed E-state index contributed by atoms with van der Waals surface area (Å²) in [5, 5.41) is 1.89. The van der Waals surface area contributed by atoms with Gasteiger partial charge in [-0.05, 0) is 18.4 Å². The second-order valence-corrected chi connectivity index (χ2v) is 4.66. The van der Waals surface area contributed by atoms with Crippen LogP contribution in [-0.2, 0) is 6.54 Å². The van der Waals surface area contributed by atoms with Crippen molar-refractivity contribution in [3.8, 4) is 0 Å². The zero-order chi connectivity index (χ0) is 12.3. The second kappa shape index (κ2) is 6.56. The van der Waals surface area contributed by atoms with Gasteiger partial charge in [0.05, 0.1) is 4.88 Å². The topological polar surface area (TPSA) is 38.0 Å². The Labute approximate surface area is 120 Å². The fraction of sp³-hybridized carbons (Fsp3) is 0.154. The summed E-state index contributed by atoms with van der Waals surface area (Å²) in [6, 6.07) is 7.13. The number of thiophene rings is 1. The van der Waals surface area contributed by atoms with Crippen LogP contribution in [-0.4, -0.2) is 11.6 Å². The fourth-order valence-corrected chi connectivity index (χ4v) is 2.14. The average Bonchev–Trinajstić information content (AvgIpc) is 2.83. The fourth-order valence-electron chi connectivity index (χ4n) is 1.48. The van der Waals surface area contributed by atoms with E-state index >= 15 is 0 Å². The quantitative estimate of drug-likeness (QED) is 0.640. The Hall–Kier alpha value is -1.33. The zero-order valence-electron chi connectivity index (χ0n) is 9.83. The number of hydrogen-bond acceptors (Lipinski definition) is 3.